The Hall–Kier alpha value is -0.380. The van der Waals surface area contributed by atoms with Gasteiger partial charge in [-0.2, -0.15) is 0 Å². The van der Waals surface area contributed by atoms with Gasteiger partial charge in [-0.15, -0.1) is 11.3 Å². The summed E-state index contributed by atoms with van der Waals surface area (Å²) in [5, 5.41) is 3.47. The summed E-state index contributed by atoms with van der Waals surface area (Å²) >= 11 is 1.96. The molecule has 2 heterocycles. The highest BCUT2D eigenvalue weighted by molar-refractivity contribution is 7.11. The lowest BCUT2D eigenvalue weighted by molar-refractivity contribution is 0.0406. The van der Waals surface area contributed by atoms with Crippen molar-refractivity contribution in [2.45, 2.75) is 38.6 Å². The van der Waals surface area contributed by atoms with Gasteiger partial charge < -0.3 is 10.1 Å². The minimum Gasteiger partial charge on any atom is -0.381 e. The van der Waals surface area contributed by atoms with Crippen LogP contribution in [0.4, 0.5) is 0 Å². The molecule has 1 fully saturated rings. The molecular formula is C14H23NOS. The molecule has 1 aromatic heterocycles. The minimum absolute atomic E-state index is 0.568. The average Bonchev–Trinajstić information content (AvgIpc) is 2.84. The van der Waals surface area contributed by atoms with Crippen LogP contribution in [0.2, 0.25) is 0 Å². The third-order valence-corrected chi connectivity index (χ3v) is 4.87. The fraction of sp³-hybridized carbons (Fsp3) is 0.714. The summed E-state index contributed by atoms with van der Waals surface area (Å²) < 4.78 is 5.59. The highest BCUT2D eigenvalue weighted by Crippen LogP contribution is 2.24. The van der Waals surface area contributed by atoms with E-state index in [0.717, 1.165) is 26.1 Å². The van der Waals surface area contributed by atoms with Crippen LogP contribution in [0.3, 0.4) is 0 Å². The molecule has 0 spiro atoms. The van der Waals surface area contributed by atoms with Crippen molar-refractivity contribution in [1.29, 1.82) is 0 Å². The van der Waals surface area contributed by atoms with E-state index in [0.29, 0.717) is 12.0 Å². The number of nitrogens with one attached hydrogen (secondary N) is 1. The summed E-state index contributed by atoms with van der Waals surface area (Å²) in [6.07, 6.45) is 4.82. The Bertz CT molecular complexity index is 331. The Labute approximate surface area is 108 Å². The van der Waals surface area contributed by atoms with Crippen LogP contribution in [0.25, 0.3) is 0 Å². The molecule has 96 valence electrons. The van der Waals surface area contributed by atoms with Crippen LogP contribution < -0.4 is 5.32 Å². The van der Waals surface area contributed by atoms with Crippen LogP contribution in [-0.2, 0) is 17.6 Å². The van der Waals surface area contributed by atoms with Gasteiger partial charge in [0.2, 0.25) is 0 Å². The number of likely N-dealkylation sites (N-methyl/N-ethyl adjacent to an activating group) is 1. The standard InChI is InChI=1S/C14H23NOS/c1-3-12-6-7-13(17-12)9-14(15-2)11-5-4-8-16-10-11/h6-7,11,14-15H,3-5,8-10H2,1-2H3. The van der Waals surface area contributed by atoms with Gasteiger partial charge in [0.25, 0.3) is 0 Å². The van der Waals surface area contributed by atoms with Crippen molar-refractivity contribution in [3.8, 4) is 0 Å². The normalized spacial score (nSPS) is 22.6. The molecule has 0 aromatic carbocycles. The summed E-state index contributed by atoms with van der Waals surface area (Å²) in [5.41, 5.74) is 0. The SMILES string of the molecule is CCc1ccc(CC(NC)C2CCCOC2)s1. The molecule has 2 rings (SSSR count). The van der Waals surface area contributed by atoms with E-state index in [2.05, 4.69) is 31.4 Å². The van der Waals surface area contributed by atoms with Crippen molar-refractivity contribution in [1.82, 2.24) is 5.32 Å². The van der Waals surface area contributed by atoms with Gasteiger partial charge in [0, 0.05) is 22.4 Å². The lowest BCUT2D eigenvalue weighted by Crippen LogP contribution is -2.39. The molecule has 0 amide bonds. The smallest absolute Gasteiger partial charge is 0.0509 e. The lowest BCUT2D eigenvalue weighted by atomic mass is 9.91. The zero-order chi connectivity index (χ0) is 12.1. The van der Waals surface area contributed by atoms with Crippen LogP contribution in [0, 0.1) is 5.92 Å². The maximum atomic E-state index is 5.59. The van der Waals surface area contributed by atoms with E-state index in [1.54, 1.807) is 0 Å². The van der Waals surface area contributed by atoms with Gasteiger partial charge in [-0.05, 0) is 50.8 Å². The molecule has 0 bridgehead atoms. The van der Waals surface area contributed by atoms with E-state index in [-0.39, 0.29) is 0 Å². The van der Waals surface area contributed by atoms with Gasteiger partial charge >= 0.3 is 0 Å². The molecule has 1 aromatic rings. The van der Waals surface area contributed by atoms with E-state index >= 15 is 0 Å². The maximum Gasteiger partial charge on any atom is 0.0509 e. The number of aryl methyl sites for hydroxylation is 1. The first-order valence-electron chi connectivity index (χ1n) is 6.66. The van der Waals surface area contributed by atoms with Crippen molar-refractivity contribution in [2.24, 2.45) is 5.92 Å². The quantitative estimate of drug-likeness (QED) is 0.871. The largest absolute Gasteiger partial charge is 0.381 e. The molecule has 1 N–H and O–H groups in total. The van der Waals surface area contributed by atoms with Crippen molar-refractivity contribution in [3.63, 3.8) is 0 Å². The van der Waals surface area contributed by atoms with E-state index in [9.17, 15) is 0 Å². The molecule has 2 atom stereocenters. The van der Waals surface area contributed by atoms with Gasteiger partial charge in [0.05, 0.1) is 6.61 Å². The van der Waals surface area contributed by atoms with Crippen LogP contribution in [0.15, 0.2) is 12.1 Å². The molecule has 2 nitrogen and oxygen atoms in total. The molecule has 3 heteroatoms. The molecule has 17 heavy (non-hydrogen) atoms. The minimum atomic E-state index is 0.568. The molecule has 0 aliphatic carbocycles. The first kappa shape index (κ1) is 13.1. The first-order valence-corrected chi connectivity index (χ1v) is 7.47. The Kier molecular flexibility index (Phi) is 5.01. The molecular weight excluding hydrogens is 230 g/mol. The number of rotatable bonds is 5. The number of hydrogen-bond acceptors (Lipinski definition) is 3. The second-order valence-electron chi connectivity index (χ2n) is 4.80. The van der Waals surface area contributed by atoms with Gasteiger partial charge in [0.15, 0.2) is 0 Å². The molecule has 1 aliphatic heterocycles. The fourth-order valence-corrected chi connectivity index (χ4v) is 3.54. The maximum absolute atomic E-state index is 5.59. The highest BCUT2D eigenvalue weighted by Gasteiger charge is 2.23. The molecule has 1 aliphatic rings. The summed E-state index contributed by atoms with van der Waals surface area (Å²) in [6.45, 7) is 4.10. The van der Waals surface area contributed by atoms with E-state index in [1.165, 1.54) is 22.6 Å². The summed E-state index contributed by atoms with van der Waals surface area (Å²) in [5.74, 6) is 0.681. The van der Waals surface area contributed by atoms with Crippen molar-refractivity contribution >= 4 is 11.3 Å². The molecule has 0 radical (unpaired) electrons. The summed E-state index contributed by atoms with van der Waals surface area (Å²) in [6, 6.07) is 5.13. The first-order chi connectivity index (χ1) is 8.33. The summed E-state index contributed by atoms with van der Waals surface area (Å²) in [7, 11) is 2.08. The number of ether oxygens (including phenoxy) is 1. The van der Waals surface area contributed by atoms with Gasteiger partial charge in [-0.1, -0.05) is 6.92 Å². The highest BCUT2D eigenvalue weighted by atomic mass is 32.1. The molecule has 2 unspecified atom stereocenters. The van der Waals surface area contributed by atoms with Crippen molar-refractivity contribution in [3.05, 3.63) is 21.9 Å². The zero-order valence-corrected chi connectivity index (χ0v) is 11.7. The lowest BCUT2D eigenvalue weighted by Gasteiger charge is -2.29. The Morgan fingerprint density at radius 1 is 1.47 bits per heavy atom. The molecule has 0 saturated carbocycles. The van der Waals surface area contributed by atoms with Crippen LogP contribution >= 0.6 is 11.3 Å². The number of hydrogen-bond donors (Lipinski definition) is 1. The van der Waals surface area contributed by atoms with E-state index in [4.69, 9.17) is 4.74 Å². The second-order valence-corrected chi connectivity index (χ2v) is 6.05. The summed E-state index contributed by atoms with van der Waals surface area (Å²) in [4.78, 5) is 3.00. The average molecular weight is 253 g/mol. The van der Waals surface area contributed by atoms with Crippen LogP contribution in [0.5, 0.6) is 0 Å². The van der Waals surface area contributed by atoms with Gasteiger partial charge in [-0.25, -0.2) is 0 Å². The van der Waals surface area contributed by atoms with Crippen LogP contribution in [0.1, 0.15) is 29.5 Å². The number of thiophene rings is 1. The Balaban J connectivity index is 1.93. The molecule has 1 saturated heterocycles. The van der Waals surface area contributed by atoms with Crippen LogP contribution in [-0.4, -0.2) is 26.3 Å². The Morgan fingerprint density at radius 2 is 2.29 bits per heavy atom. The van der Waals surface area contributed by atoms with Gasteiger partial charge in [0.1, 0.15) is 0 Å². The Morgan fingerprint density at radius 3 is 2.88 bits per heavy atom. The van der Waals surface area contributed by atoms with E-state index in [1.807, 2.05) is 11.3 Å². The monoisotopic (exact) mass is 253 g/mol. The zero-order valence-electron chi connectivity index (χ0n) is 10.9. The van der Waals surface area contributed by atoms with Crippen molar-refractivity contribution < 1.29 is 4.74 Å². The predicted octanol–water partition coefficient (Wildman–Crippen LogP) is 2.87. The predicted molar refractivity (Wildman–Crippen MR) is 73.8 cm³/mol. The second kappa shape index (κ2) is 6.53. The fourth-order valence-electron chi connectivity index (χ4n) is 2.53. The third-order valence-electron chi connectivity index (χ3n) is 3.62. The third kappa shape index (κ3) is 3.54. The van der Waals surface area contributed by atoms with E-state index < -0.39 is 0 Å². The topological polar surface area (TPSA) is 21.3 Å². The van der Waals surface area contributed by atoms with Crippen molar-refractivity contribution in [2.75, 3.05) is 20.3 Å². The van der Waals surface area contributed by atoms with Gasteiger partial charge in [-0.3, -0.25) is 0 Å².